The van der Waals surface area contributed by atoms with Gasteiger partial charge in [0.05, 0.1) is 11.6 Å². The summed E-state index contributed by atoms with van der Waals surface area (Å²) in [6.45, 7) is 2.53. The Kier molecular flexibility index (Phi) is 5.65. The minimum absolute atomic E-state index is 0.156. The van der Waals surface area contributed by atoms with E-state index in [0.29, 0.717) is 6.61 Å². The van der Waals surface area contributed by atoms with Crippen molar-refractivity contribution in [3.63, 3.8) is 0 Å². The van der Waals surface area contributed by atoms with Crippen LogP contribution in [0.3, 0.4) is 0 Å². The number of hydrogen-bond acceptors (Lipinski definition) is 3. The first-order valence-electron chi connectivity index (χ1n) is 6.88. The molecule has 0 spiro atoms. The molecule has 3 nitrogen and oxygen atoms in total. The second-order valence-electron chi connectivity index (χ2n) is 5.08. The van der Waals surface area contributed by atoms with E-state index in [1.54, 1.807) is 7.11 Å². The fourth-order valence-corrected chi connectivity index (χ4v) is 2.58. The molecule has 0 aliphatic rings. The van der Waals surface area contributed by atoms with Gasteiger partial charge in [-0.05, 0) is 64.7 Å². The molecule has 0 heterocycles. The van der Waals surface area contributed by atoms with Crippen molar-refractivity contribution in [2.24, 2.45) is 5.73 Å². The third-order valence-electron chi connectivity index (χ3n) is 3.11. The van der Waals surface area contributed by atoms with Gasteiger partial charge in [-0.3, -0.25) is 0 Å². The number of ether oxygens (including phenoxy) is 2. The van der Waals surface area contributed by atoms with E-state index < -0.39 is 0 Å². The van der Waals surface area contributed by atoms with Gasteiger partial charge in [-0.15, -0.1) is 0 Å². The highest BCUT2D eigenvalue weighted by atomic mass is 79.9. The molecule has 2 rings (SSSR count). The molecule has 1 unspecified atom stereocenters. The smallest absolute Gasteiger partial charge is 0.134 e. The Morgan fingerprint density at radius 2 is 1.76 bits per heavy atom. The minimum Gasteiger partial charge on any atom is -0.497 e. The molecule has 0 amide bonds. The second-order valence-corrected chi connectivity index (χ2v) is 5.94. The maximum atomic E-state index is 5.84. The maximum absolute atomic E-state index is 5.84. The Morgan fingerprint density at radius 3 is 2.33 bits per heavy atom. The summed E-state index contributed by atoms with van der Waals surface area (Å²) < 4.78 is 11.9. The molecular weight excluding hydrogens is 330 g/mol. The Balaban J connectivity index is 1.99. The van der Waals surface area contributed by atoms with Gasteiger partial charge in [-0.2, -0.15) is 0 Å². The fourth-order valence-electron chi connectivity index (χ4n) is 2.04. The van der Waals surface area contributed by atoms with Gasteiger partial charge in [-0.1, -0.05) is 18.2 Å². The zero-order valence-electron chi connectivity index (χ0n) is 12.3. The van der Waals surface area contributed by atoms with E-state index in [2.05, 4.69) is 28.1 Å². The van der Waals surface area contributed by atoms with Crippen molar-refractivity contribution < 1.29 is 9.47 Å². The molecular formula is C17H20BrNO2. The van der Waals surface area contributed by atoms with Crippen molar-refractivity contribution in [3.8, 4) is 11.5 Å². The lowest BCUT2D eigenvalue weighted by Gasteiger charge is -2.11. The molecule has 0 aromatic heterocycles. The van der Waals surface area contributed by atoms with E-state index in [0.717, 1.165) is 28.0 Å². The van der Waals surface area contributed by atoms with Gasteiger partial charge in [0.25, 0.3) is 0 Å². The lowest BCUT2D eigenvalue weighted by atomic mass is 10.1. The van der Waals surface area contributed by atoms with Crippen LogP contribution in [0.5, 0.6) is 11.5 Å². The van der Waals surface area contributed by atoms with Crippen molar-refractivity contribution >= 4 is 15.9 Å². The molecule has 0 aliphatic heterocycles. The Hall–Kier alpha value is -1.52. The van der Waals surface area contributed by atoms with Crippen LogP contribution in [0.4, 0.5) is 0 Å². The van der Waals surface area contributed by atoms with Crippen LogP contribution in [-0.4, -0.2) is 13.2 Å². The highest BCUT2D eigenvalue weighted by Crippen LogP contribution is 2.27. The van der Waals surface area contributed by atoms with Crippen LogP contribution in [0.2, 0.25) is 0 Å². The molecule has 112 valence electrons. The summed E-state index contributed by atoms with van der Waals surface area (Å²) in [5.41, 5.74) is 8.12. The number of hydrogen-bond donors (Lipinski definition) is 1. The summed E-state index contributed by atoms with van der Waals surface area (Å²) in [7, 11) is 1.66. The Bertz CT molecular complexity index is 582. The SMILES string of the molecule is COc1ccc(COc2ccc(CC(C)N)cc2Br)cc1. The minimum atomic E-state index is 0.156. The Morgan fingerprint density at radius 1 is 1.10 bits per heavy atom. The molecule has 0 aliphatic carbocycles. The summed E-state index contributed by atoms with van der Waals surface area (Å²) in [4.78, 5) is 0. The average molecular weight is 350 g/mol. The van der Waals surface area contributed by atoms with Crippen molar-refractivity contribution in [1.29, 1.82) is 0 Å². The first-order chi connectivity index (χ1) is 10.1. The van der Waals surface area contributed by atoms with Crippen LogP contribution in [0.15, 0.2) is 46.9 Å². The van der Waals surface area contributed by atoms with E-state index in [9.17, 15) is 0 Å². The highest BCUT2D eigenvalue weighted by molar-refractivity contribution is 9.10. The molecule has 0 saturated carbocycles. The quantitative estimate of drug-likeness (QED) is 0.859. The molecule has 0 bridgehead atoms. The lowest BCUT2D eigenvalue weighted by molar-refractivity contribution is 0.304. The van der Waals surface area contributed by atoms with Crippen molar-refractivity contribution in [2.75, 3.05) is 7.11 Å². The predicted octanol–water partition coefficient (Wildman–Crippen LogP) is 3.93. The third kappa shape index (κ3) is 4.76. The van der Waals surface area contributed by atoms with Gasteiger partial charge in [-0.25, -0.2) is 0 Å². The van der Waals surface area contributed by atoms with E-state index in [4.69, 9.17) is 15.2 Å². The molecule has 0 fully saturated rings. The highest BCUT2D eigenvalue weighted by Gasteiger charge is 2.05. The largest absolute Gasteiger partial charge is 0.497 e. The van der Waals surface area contributed by atoms with Crippen molar-refractivity contribution in [3.05, 3.63) is 58.1 Å². The van der Waals surface area contributed by atoms with Gasteiger partial charge in [0.1, 0.15) is 18.1 Å². The van der Waals surface area contributed by atoms with Crippen LogP contribution < -0.4 is 15.2 Å². The van der Waals surface area contributed by atoms with Gasteiger partial charge in [0, 0.05) is 6.04 Å². The number of halogens is 1. The van der Waals surface area contributed by atoms with Crippen molar-refractivity contribution in [1.82, 2.24) is 0 Å². The molecule has 2 aromatic rings. The monoisotopic (exact) mass is 349 g/mol. The van der Waals surface area contributed by atoms with Gasteiger partial charge in [0.2, 0.25) is 0 Å². The molecule has 1 atom stereocenters. The molecule has 2 aromatic carbocycles. The first-order valence-corrected chi connectivity index (χ1v) is 7.67. The zero-order valence-corrected chi connectivity index (χ0v) is 13.9. The van der Waals surface area contributed by atoms with Crippen LogP contribution in [0.1, 0.15) is 18.1 Å². The lowest BCUT2D eigenvalue weighted by Crippen LogP contribution is -2.17. The average Bonchev–Trinajstić information content (AvgIpc) is 2.46. The van der Waals surface area contributed by atoms with E-state index >= 15 is 0 Å². The van der Waals surface area contributed by atoms with Crippen LogP contribution in [0, 0.1) is 0 Å². The molecule has 0 saturated heterocycles. The third-order valence-corrected chi connectivity index (χ3v) is 3.73. The number of nitrogens with two attached hydrogens (primary N) is 1. The summed E-state index contributed by atoms with van der Waals surface area (Å²) in [6, 6.07) is 14.1. The summed E-state index contributed by atoms with van der Waals surface area (Å²) in [5, 5.41) is 0. The molecule has 0 radical (unpaired) electrons. The number of benzene rings is 2. The first kappa shape index (κ1) is 15.9. The standard InChI is InChI=1S/C17H20BrNO2/c1-12(19)9-14-5-8-17(16(18)10-14)21-11-13-3-6-15(20-2)7-4-13/h3-8,10,12H,9,11,19H2,1-2H3. The molecule has 2 N–H and O–H groups in total. The van der Waals surface area contributed by atoms with Crippen LogP contribution >= 0.6 is 15.9 Å². The van der Waals surface area contributed by atoms with Gasteiger partial charge < -0.3 is 15.2 Å². The molecule has 21 heavy (non-hydrogen) atoms. The van der Waals surface area contributed by atoms with Crippen LogP contribution in [0.25, 0.3) is 0 Å². The zero-order chi connectivity index (χ0) is 15.2. The molecule has 4 heteroatoms. The summed E-state index contributed by atoms with van der Waals surface area (Å²) in [6.07, 6.45) is 0.858. The normalized spacial score (nSPS) is 12.0. The summed E-state index contributed by atoms with van der Waals surface area (Å²) in [5.74, 6) is 1.68. The van der Waals surface area contributed by atoms with E-state index in [1.165, 1.54) is 5.56 Å². The van der Waals surface area contributed by atoms with Gasteiger partial charge >= 0.3 is 0 Å². The van der Waals surface area contributed by atoms with Gasteiger partial charge in [0.15, 0.2) is 0 Å². The van der Waals surface area contributed by atoms with Crippen LogP contribution in [-0.2, 0) is 13.0 Å². The maximum Gasteiger partial charge on any atom is 0.134 e. The van der Waals surface area contributed by atoms with E-state index in [1.807, 2.05) is 37.3 Å². The number of methoxy groups -OCH3 is 1. The topological polar surface area (TPSA) is 44.5 Å². The Labute approximate surface area is 134 Å². The van der Waals surface area contributed by atoms with Crippen molar-refractivity contribution in [2.45, 2.75) is 26.0 Å². The van der Waals surface area contributed by atoms with E-state index in [-0.39, 0.29) is 6.04 Å². The second kappa shape index (κ2) is 7.48. The predicted molar refractivity (Wildman–Crippen MR) is 88.8 cm³/mol. The fraction of sp³-hybridized carbons (Fsp3) is 0.294. The number of rotatable bonds is 6. The summed E-state index contributed by atoms with van der Waals surface area (Å²) >= 11 is 3.55.